The molecular formula is C64H111O11P. The first-order valence-electron chi connectivity index (χ1n) is 30.5. The summed E-state index contributed by atoms with van der Waals surface area (Å²) in [4.78, 5) is 48.6. The average molecular weight is 1090 g/mol. The van der Waals surface area contributed by atoms with Gasteiger partial charge in [-0.05, 0) is 116 Å². The number of carbonyl (C=O) groups is 3. The number of unbranched alkanes of at least 4 members (excludes halogenated alkanes) is 25. The van der Waals surface area contributed by atoms with Crippen LogP contribution in [0.25, 0.3) is 0 Å². The maximum Gasteiger partial charge on any atom is 0.472 e. The summed E-state index contributed by atoms with van der Waals surface area (Å²) in [6, 6.07) is 0. The van der Waals surface area contributed by atoms with Crippen molar-refractivity contribution in [3.8, 4) is 0 Å². The van der Waals surface area contributed by atoms with Crippen LogP contribution in [0.3, 0.4) is 0 Å². The van der Waals surface area contributed by atoms with Gasteiger partial charge in [0.1, 0.15) is 12.7 Å². The number of phosphoric acid groups is 1. The molecular weight excluding hydrogens is 976 g/mol. The fourth-order valence-electron chi connectivity index (χ4n) is 8.14. The van der Waals surface area contributed by atoms with Crippen LogP contribution < -0.4 is 0 Å². The zero-order valence-electron chi connectivity index (χ0n) is 48.5. The highest BCUT2D eigenvalue weighted by Gasteiger charge is 2.28. The van der Waals surface area contributed by atoms with Crippen LogP contribution >= 0.6 is 7.82 Å². The van der Waals surface area contributed by atoms with Crippen molar-refractivity contribution in [2.45, 2.75) is 277 Å². The second-order valence-electron chi connectivity index (χ2n) is 20.1. The molecule has 0 aromatic carbocycles. The molecule has 3 atom stereocenters. The monoisotopic (exact) mass is 1090 g/mol. The number of ether oxygens (including phenoxy) is 3. The van der Waals surface area contributed by atoms with Crippen molar-refractivity contribution in [2.75, 3.05) is 26.4 Å². The molecule has 3 unspecified atom stereocenters. The smallest absolute Gasteiger partial charge is 0.462 e. The molecule has 438 valence electrons. The number of esters is 3. The van der Waals surface area contributed by atoms with E-state index < -0.39 is 57.8 Å². The highest BCUT2D eigenvalue weighted by atomic mass is 31.2. The number of hydrogen-bond acceptors (Lipinski definition) is 10. The fraction of sp³-hybridized carbons (Fsp3) is 0.734. The third kappa shape index (κ3) is 55.4. The molecule has 0 saturated heterocycles. The van der Waals surface area contributed by atoms with Crippen LogP contribution in [0.4, 0.5) is 0 Å². The van der Waals surface area contributed by atoms with E-state index in [4.69, 9.17) is 23.3 Å². The Labute approximate surface area is 464 Å². The molecule has 76 heavy (non-hydrogen) atoms. The van der Waals surface area contributed by atoms with E-state index in [0.29, 0.717) is 19.3 Å². The molecule has 0 aliphatic rings. The zero-order chi connectivity index (χ0) is 55.5. The highest BCUT2D eigenvalue weighted by molar-refractivity contribution is 7.47. The Hall–Kier alpha value is -3.34. The number of phosphoric ester groups is 1. The van der Waals surface area contributed by atoms with Crippen molar-refractivity contribution in [1.82, 2.24) is 0 Å². The van der Waals surface area contributed by atoms with E-state index in [1.54, 1.807) is 0 Å². The Morgan fingerprint density at radius 1 is 0.382 bits per heavy atom. The molecule has 0 fully saturated rings. The zero-order valence-corrected chi connectivity index (χ0v) is 49.3. The molecule has 0 spiro atoms. The molecule has 12 heteroatoms. The maximum atomic E-state index is 12.9. The number of aliphatic hydroxyl groups is 1. The fourth-order valence-corrected chi connectivity index (χ4v) is 8.92. The molecule has 2 N–H and O–H groups in total. The quantitative estimate of drug-likeness (QED) is 0.0197. The molecule has 0 radical (unpaired) electrons. The van der Waals surface area contributed by atoms with Crippen LogP contribution in [0.5, 0.6) is 0 Å². The Morgan fingerprint density at radius 2 is 0.684 bits per heavy atom. The van der Waals surface area contributed by atoms with Crippen molar-refractivity contribution in [3.63, 3.8) is 0 Å². The van der Waals surface area contributed by atoms with Gasteiger partial charge in [-0.15, -0.1) is 0 Å². The van der Waals surface area contributed by atoms with E-state index in [1.165, 1.54) is 103 Å². The van der Waals surface area contributed by atoms with Crippen molar-refractivity contribution >= 4 is 25.7 Å². The van der Waals surface area contributed by atoms with E-state index >= 15 is 0 Å². The molecule has 0 saturated carbocycles. The summed E-state index contributed by atoms with van der Waals surface area (Å²) in [6.07, 6.45) is 66.8. The van der Waals surface area contributed by atoms with Crippen molar-refractivity contribution in [3.05, 3.63) is 85.1 Å². The second-order valence-corrected chi connectivity index (χ2v) is 21.6. The average Bonchev–Trinajstić information content (AvgIpc) is 3.41. The lowest BCUT2D eigenvalue weighted by atomic mass is 10.1. The standard InChI is InChI=1S/C64H111O11P/c1-4-7-10-13-16-19-22-25-28-30-33-36-39-42-45-48-51-54-63(67)74-60(56-65)58-72-76(69,70)73-59-61(57-71-62(66)53-50-47-44-41-38-35-32-27-24-21-18-15-12-9-6-3)75-64(68)55-52-49-46-43-40-37-34-31-29-26-23-20-17-14-11-8-5-2/h9,12,17-18,20-21,25-29,32,38,41,60-61,65H,4-8,10-11,13-16,19,22-24,30-31,33-37,39-40,42-59H2,1-3H3,(H,69,70)/b12-9-,20-17-,21-18-,28-25-,29-26-,32-27-,41-38-. The highest BCUT2D eigenvalue weighted by Crippen LogP contribution is 2.43. The Bertz CT molecular complexity index is 1600. The van der Waals surface area contributed by atoms with Gasteiger partial charge in [0.25, 0.3) is 0 Å². The van der Waals surface area contributed by atoms with E-state index in [1.807, 2.05) is 0 Å². The van der Waals surface area contributed by atoms with Crippen molar-refractivity contribution in [1.29, 1.82) is 0 Å². The molecule has 0 aliphatic carbocycles. The first kappa shape index (κ1) is 72.7. The van der Waals surface area contributed by atoms with Crippen LogP contribution in [0.15, 0.2) is 85.1 Å². The van der Waals surface area contributed by atoms with Gasteiger partial charge >= 0.3 is 25.7 Å². The second kappa shape index (κ2) is 57.8. The van der Waals surface area contributed by atoms with Crippen LogP contribution in [0.2, 0.25) is 0 Å². The molecule has 0 aromatic heterocycles. The normalized spacial score (nSPS) is 13.9. The lowest BCUT2D eigenvalue weighted by molar-refractivity contribution is -0.161. The minimum atomic E-state index is -4.77. The summed E-state index contributed by atoms with van der Waals surface area (Å²) in [7, 11) is -4.77. The van der Waals surface area contributed by atoms with Crippen molar-refractivity contribution < 1.29 is 52.2 Å². The van der Waals surface area contributed by atoms with Crippen molar-refractivity contribution in [2.24, 2.45) is 0 Å². The minimum absolute atomic E-state index is 0.147. The van der Waals surface area contributed by atoms with Crippen LogP contribution in [-0.2, 0) is 42.2 Å². The van der Waals surface area contributed by atoms with E-state index in [-0.39, 0.29) is 25.9 Å². The lowest BCUT2D eigenvalue weighted by Gasteiger charge is -2.21. The van der Waals surface area contributed by atoms with Crippen LogP contribution in [-0.4, -0.2) is 66.5 Å². The molecule has 0 aliphatic heterocycles. The Balaban J connectivity index is 4.75. The van der Waals surface area contributed by atoms with Gasteiger partial charge in [0.15, 0.2) is 6.10 Å². The maximum absolute atomic E-state index is 12.9. The predicted octanol–water partition coefficient (Wildman–Crippen LogP) is 18.3. The van der Waals surface area contributed by atoms with Gasteiger partial charge in [-0.3, -0.25) is 23.4 Å². The van der Waals surface area contributed by atoms with Gasteiger partial charge in [0.05, 0.1) is 19.8 Å². The predicted molar refractivity (Wildman–Crippen MR) is 316 cm³/mol. The van der Waals surface area contributed by atoms with Gasteiger partial charge in [-0.25, -0.2) is 4.57 Å². The number of aliphatic hydroxyl groups excluding tert-OH is 1. The molecule has 0 aromatic rings. The number of allylic oxidation sites excluding steroid dienone is 14. The van der Waals surface area contributed by atoms with E-state index in [0.717, 1.165) is 103 Å². The van der Waals surface area contributed by atoms with Gasteiger partial charge in [0, 0.05) is 19.3 Å². The molecule has 0 heterocycles. The summed E-state index contributed by atoms with van der Waals surface area (Å²) in [5.41, 5.74) is 0. The molecule has 0 rings (SSSR count). The summed E-state index contributed by atoms with van der Waals surface area (Å²) in [5, 5.41) is 9.84. The van der Waals surface area contributed by atoms with Gasteiger partial charge < -0.3 is 24.2 Å². The molecule has 11 nitrogen and oxygen atoms in total. The van der Waals surface area contributed by atoms with Crippen LogP contribution in [0.1, 0.15) is 265 Å². The lowest BCUT2D eigenvalue weighted by Crippen LogP contribution is -2.30. The van der Waals surface area contributed by atoms with Gasteiger partial charge in [-0.1, -0.05) is 215 Å². The molecule has 0 amide bonds. The Kier molecular flexibility index (Phi) is 55.3. The van der Waals surface area contributed by atoms with E-state index in [9.17, 15) is 28.9 Å². The van der Waals surface area contributed by atoms with Gasteiger partial charge in [0.2, 0.25) is 0 Å². The molecule has 0 bridgehead atoms. The Morgan fingerprint density at radius 3 is 1.12 bits per heavy atom. The van der Waals surface area contributed by atoms with E-state index in [2.05, 4.69) is 106 Å². The first-order chi connectivity index (χ1) is 37.2. The topological polar surface area (TPSA) is 155 Å². The first-order valence-corrected chi connectivity index (χ1v) is 32.0. The third-order valence-corrected chi connectivity index (χ3v) is 13.7. The summed E-state index contributed by atoms with van der Waals surface area (Å²) >= 11 is 0. The van der Waals surface area contributed by atoms with Crippen LogP contribution in [0, 0.1) is 0 Å². The number of rotatable bonds is 56. The number of carbonyl (C=O) groups excluding carboxylic acids is 3. The minimum Gasteiger partial charge on any atom is -0.462 e. The largest absolute Gasteiger partial charge is 0.472 e. The number of hydrogen-bond donors (Lipinski definition) is 2. The van der Waals surface area contributed by atoms with Gasteiger partial charge in [-0.2, -0.15) is 0 Å². The third-order valence-electron chi connectivity index (χ3n) is 12.8. The SMILES string of the molecule is CC/C=C\C/C=C\C/C=C\C/C=C\CCCCC(=O)OCC(COP(=O)(O)OCC(CO)OC(=O)CCCCCCCCC/C=C\CCCCCCCC)OC(=O)CCCCCCCCC/C=C\C/C=C\CCCCC. The summed E-state index contributed by atoms with van der Waals surface area (Å²) in [5.74, 6) is -1.53. The summed E-state index contributed by atoms with van der Waals surface area (Å²) in [6.45, 7) is 4.46. The summed E-state index contributed by atoms with van der Waals surface area (Å²) < 4.78 is 39.6.